The van der Waals surface area contributed by atoms with Gasteiger partial charge in [0.1, 0.15) is 0 Å². The van der Waals surface area contributed by atoms with Gasteiger partial charge in [0, 0.05) is 37.6 Å². The first-order chi connectivity index (χ1) is 13.6. The molecule has 0 radical (unpaired) electrons. The average Bonchev–Trinajstić information content (AvgIpc) is 2.69. The summed E-state index contributed by atoms with van der Waals surface area (Å²) in [4.78, 5) is 18.0. The number of nitriles is 1. The van der Waals surface area contributed by atoms with Crippen molar-refractivity contribution in [2.24, 2.45) is 0 Å². The lowest BCUT2D eigenvalue weighted by Gasteiger charge is -2.34. The molecule has 0 unspecified atom stereocenters. The number of piperazine rings is 1. The molecule has 0 spiro atoms. The summed E-state index contributed by atoms with van der Waals surface area (Å²) in [7, 11) is 0. The highest BCUT2D eigenvalue weighted by Gasteiger charge is 2.19. The highest BCUT2D eigenvalue weighted by Crippen LogP contribution is 2.26. The molecule has 1 heterocycles. The third-order valence-corrected chi connectivity index (χ3v) is 5.71. The molecule has 1 aliphatic heterocycles. The van der Waals surface area contributed by atoms with E-state index >= 15 is 0 Å². The molecule has 3 rings (SSSR count). The lowest BCUT2D eigenvalue weighted by atomic mass is 10.1. The fourth-order valence-corrected chi connectivity index (χ4v) is 4.04. The second kappa shape index (κ2) is 10.3. The number of anilines is 1. The van der Waals surface area contributed by atoms with Crippen molar-refractivity contribution in [3.8, 4) is 6.07 Å². The standard InChI is InChI=1S/C22H26N4OS/c1-18-5-4-6-19(15-18)16-25-10-12-26(13-11-25)17-22(27)24-20-7-2-3-8-21(20)28-14-9-23/h2-8,15H,10-14,16-17H2,1H3,(H,24,27). The largest absolute Gasteiger partial charge is 0.324 e. The van der Waals surface area contributed by atoms with E-state index in [1.54, 1.807) is 0 Å². The van der Waals surface area contributed by atoms with Crippen LogP contribution < -0.4 is 5.32 Å². The Kier molecular flexibility index (Phi) is 7.49. The molecule has 5 nitrogen and oxygen atoms in total. The normalized spacial score (nSPS) is 15.1. The number of carbonyl (C=O) groups excluding carboxylic acids is 1. The molecular formula is C22H26N4OS. The highest BCUT2D eigenvalue weighted by atomic mass is 32.2. The van der Waals surface area contributed by atoms with Gasteiger partial charge in [0.25, 0.3) is 0 Å². The van der Waals surface area contributed by atoms with E-state index in [9.17, 15) is 4.79 Å². The number of benzene rings is 2. The van der Waals surface area contributed by atoms with Gasteiger partial charge in [0.2, 0.25) is 5.91 Å². The van der Waals surface area contributed by atoms with Gasteiger partial charge in [-0.25, -0.2) is 0 Å². The van der Waals surface area contributed by atoms with Gasteiger partial charge >= 0.3 is 0 Å². The van der Waals surface area contributed by atoms with E-state index in [0.717, 1.165) is 43.3 Å². The van der Waals surface area contributed by atoms with Gasteiger partial charge in [0.05, 0.1) is 24.1 Å². The Morgan fingerprint density at radius 3 is 2.61 bits per heavy atom. The Morgan fingerprint density at radius 1 is 1.11 bits per heavy atom. The van der Waals surface area contributed by atoms with E-state index in [1.165, 1.54) is 22.9 Å². The van der Waals surface area contributed by atoms with E-state index in [-0.39, 0.29) is 5.91 Å². The number of nitrogens with zero attached hydrogens (tertiary/aromatic N) is 3. The lowest BCUT2D eigenvalue weighted by Crippen LogP contribution is -2.48. The Bertz CT molecular complexity index is 840. The first kappa shape index (κ1) is 20.4. The van der Waals surface area contributed by atoms with Gasteiger partial charge in [-0.2, -0.15) is 5.26 Å². The highest BCUT2D eigenvalue weighted by molar-refractivity contribution is 7.99. The number of hydrogen-bond acceptors (Lipinski definition) is 5. The molecule has 2 aromatic carbocycles. The van der Waals surface area contributed by atoms with Crippen LogP contribution in [0.1, 0.15) is 11.1 Å². The lowest BCUT2D eigenvalue weighted by molar-refractivity contribution is -0.117. The van der Waals surface area contributed by atoms with Crippen molar-refractivity contribution >= 4 is 23.4 Å². The number of aryl methyl sites for hydroxylation is 1. The predicted molar refractivity (Wildman–Crippen MR) is 114 cm³/mol. The zero-order valence-corrected chi connectivity index (χ0v) is 17.0. The van der Waals surface area contributed by atoms with Gasteiger partial charge in [-0.05, 0) is 24.6 Å². The van der Waals surface area contributed by atoms with Crippen molar-refractivity contribution in [3.05, 3.63) is 59.7 Å². The summed E-state index contributed by atoms with van der Waals surface area (Å²) in [6, 6.07) is 18.4. The number of thioether (sulfide) groups is 1. The van der Waals surface area contributed by atoms with Crippen molar-refractivity contribution < 1.29 is 4.79 Å². The van der Waals surface area contributed by atoms with Crippen LogP contribution in [0.3, 0.4) is 0 Å². The minimum absolute atomic E-state index is 0.00265. The van der Waals surface area contributed by atoms with Crippen LogP contribution in [-0.4, -0.2) is 54.2 Å². The van der Waals surface area contributed by atoms with Crippen LogP contribution in [0.5, 0.6) is 0 Å². The molecular weight excluding hydrogens is 368 g/mol. The molecule has 0 aromatic heterocycles. The first-order valence-electron chi connectivity index (χ1n) is 9.53. The molecule has 0 bridgehead atoms. The van der Waals surface area contributed by atoms with Gasteiger partial charge in [0.15, 0.2) is 0 Å². The quantitative estimate of drug-likeness (QED) is 0.730. The maximum absolute atomic E-state index is 12.5. The summed E-state index contributed by atoms with van der Waals surface area (Å²) < 4.78 is 0. The fourth-order valence-electron chi connectivity index (χ4n) is 3.37. The molecule has 146 valence electrons. The van der Waals surface area contributed by atoms with Crippen molar-refractivity contribution in [2.75, 3.05) is 43.8 Å². The minimum Gasteiger partial charge on any atom is -0.324 e. The maximum atomic E-state index is 12.5. The third kappa shape index (κ3) is 6.10. The molecule has 2 aromatic rings. The number of para-hydroxylation sites is 1. The SMILES string of the molecule is Cc1cccc(CN2CCN(CC(=O)Nc3ccccc3SCC#N)CC2)c1. The Hall–Kier alpha value is -2.33. The van der Waals surface area contributed by atoms with Gasteiger partial charge < -0.3 is 5.32 Å². The van der Waals surface area contributed by atoms with E-state index in [1.807, 2.05) is 24.3 Å². The van der Waals surface area contributed by atoms with Gasteiger partial charge in [-0.3, -0.25) is 14.6 Å². The third-order valence-electron chi connectivity index (χ3n) is 4.77. The van der Waals surface area contributed by atoms with Gasteiger partial charge in [-0.1, -0.05) is 42.0 Å². The van der Waals surface area contributed by atoms with Crippen LogP contribution in [-0.2, 0) is 11.3 Å². The summed E-state index contributed by atoms with van der Waals surface area (Å²) in [5, 5.41) is 11.8. The summed E-state index contributed by atoms with van der Waals surface area (Å²) in [5.74, 6) is 0.368. The second-order valence-corrected chi connectivity index (χ2v) is 8.05. The van der Waals surface area contributed by atoms with Crippen LogP contribution in [0.2, 0.25) is 0 Å². The molecule has 0 saturated carbocycles. The van der Waals surface area contributed by atoms with Crippen molar-refractivity contribution in [1.82, 2.24) is 9.80 Å². The predicted octanol–water partition coefficient (Wildman–Crippen LogP) is 3.37. The minimum atomic E-state index is -0.00265. The van der Waals surface area contributed by atoms with E-state index in [4.69, 9.17) is 5.26 Å². The van der Waals surface area contributed by atoms with Crippen LogP contribution in [0.4, 0.5) is 5.69 Å². The fraction of sp³-hybridized carbons (Fsp3) is 0.364. The summed E-state index contributed by atoms with van der Waals surface area (Å²) >= 11 is 1.44. The number of nitrogens with one attached hydrogen (secondary N) is 1. The molecule has 6 heteroatoms. The van der Waals surface area contributed by atoms with Crippen LogP contribution >= 0.6 is 11.8 Å². The molecule has 1 fully saturated rings. The van der Waals surface area contributed by atoms with Crippen molar-refractivity contribution in [2.45, 2.75) is 18.4 Å². The Balaban J connectivity index is 1.46. The number of hydrogen-bond donors (Lipinski definition) is 1. The Labute approximate surface area is 171 Å². The number of carbonyl (C=O) groups is 1. The molecule has 1 saturated heterocycles. The Morgan fingerprint density at radius 2 is 1.86 bits per heavy atom. The first-order valence-corrected chi connectivity index (χ1v) is 10.5. The van der Waals surface area contributed by atoms with Crippen molar-refractivity contribution in [3.63, 3.8) is 0 Å². The smallest absolute Gasteiger partial charge is 0.238 e. The summed E-state index contributed by atoms with van der Waals surface area (Å²) in [6.07, 6.45) is 0. The summed E-state index contributed by atoms with van der Waals surface area (Å²) in [6.45, 7) is 7.21. The average molecular weight is 395 g/mol. The van der Waals surface area contributed by atoms with Crippen LogP contribution in [0.25, 0.3) is 0 Å². The second-order valence-electron chi connectivity index (χ2n) is 7.03. The van der Waals surface area contributed by atoms with E-state index in [0.29, 0.717) is 12.3 Å². The zero-order chi connectivity index (χ0) is 19.8. The van der Waals surface area contributed by atoms with E-state index in [2.05, 4.69) is 52.4 Å². The molecule has 1 aliphatic rings. The molecule has 1 N–H and O–H groups in total. The zero-order valence-electron chi connectivity index (χ0n) is 16.2. The topological polar surface area (TPSA) is 59.4 Å². The molecule has 0 atom stereocenters. The molecule has 0 aliphatic carbocycles. The number of rotatable bonds is 7. The maximum Gasteiger partial charge on any atom is 0.238 e. The molecule has 1 amide bonds. The van der Waals surface area contributed by atoms with Crippen molar-refractivity contribution in [1.29, 1.82) is 5.26 Å². The van der Waals surface area contributed by atoms with E-state index < -0.39 is 0 Å². The number of amides is 1. The van der Waals surface area contributed by atoms with Gasteiger partial charge in [-0.15, -0.1) is 11.8 Å². The summed E-state index contributed by atoms with van der Waals surface area (Å²) in [5.41, 5.74) is 3.42. The monoisotopic (exact) mass is 394 g/mol. The van der Waals surface area contributed by atoms with Crippen LogP contribution in [0, 0.1) is 18.3 Å². The van der Waals surface area contributed by atoms with Crippen LogP contribution in [0.15, 0.2) is 53.4 Å². The molecule has 28 heavy (non-hydrogen) atoms.